The van der Waals surface area contributed by atoms with E-state index in [2.05, 4.69) is 20.7 Å². The first-order valence-corrected chi connectivity index (χ1v) is 13.2. The van der Waals surface area contributed by atoms with Crippen LogP contribution >= 0.6 is 0 Å². The summed E-state index contributed by atoms with van der Waals surface area (Å²) in [4.78, 5) is 56.9. The molecule has 0 radical (unpaired) electrons. The number of nitrogens with zero attached hydrogens (tertiary/aromatic N) is 4. The van der Waals surface area contributed by atoms with Crippen molar-refractivity contribution in [3.05, 3.63) is 60.2 Å². The molecule has 0 bridgehead atoms. The molecule has 1 aromatic carbocycles. The summed E-state index contributed by atoms with van der Waals surface area (Å²) in [5, 5.41) is 19.7. The number of carbonyl (C=O) groups excluding carboxylic acids is 3. The van der Waals surface area contributed by atoms with Crippen molar-refractivity contribution in [1.29, 1.82) is 0 Å². The number of hydrazone groups is 1. The van der Waals surface area contributed by atoms with Crippen molar-refractivity contribution in [2.24, 2.45) is 10.5 Å². The Morgan fingerprint density at radius 2 is 1.95 bits per heavy atom. The summed E-state index contributed by atoms with van der Waals surface area (Å²) in [6.45, 7) is 3.00. The summed E-state index contributed by atoms with van der Waals surface area (Å²) in [5.74, 6) is -1.84. The Kier molecular flexibility index (Phi) is 8.55. The lowest BCUT2D eigenvalue weighted by Crippen LogP contribution is -2.62. The smallest absolute Gasteiger partial charge is 0.405 e. The minimum absolute atomic E-state index is 0.0127. The third-order valence-corrected chi connectivity index (χ3v) is 7.21. The Bertz CT molecular complexity index is 1350. The second-order valence-electron chi connectivity index (χ2n) is 10.7. The van der Waals surface area contributed by atoms with Gasteiger partial charge >= 0.3 is 6.09 Å². The summed E-state index contributed by atoms with van der Waals surface area (Å²) in [7, 11) is 1.59. The summed E-state index contributed by atoms with van der Waals surface area (Å²) >= 11 is 0. The predicted octanol–water partition coefficient (Wildman–Crippen LogP) is 1.81. The van der Waals surface area contributed by atoms with Crippen LogP contribution in [0.3, 0.4) is 0 Å². The van der Waals surface area contributed by atoms with E-state index in [1.54, 1.807) is 7.05 Å². The fourth-order valence-electron chi connectivity index (χ4n) is 5.12. The number of likely N-dealkylation sites (tertiary alicyclic amines) is 1. The summed E-state index contributed by atoms with van der Waals surface area (Å²) in [5.41, 5.74) is -0.973. The third-order valence-electron chi connectivity index (χ3n) is 7.21. The van der Waals surface area contributed by atoms with Crippen LogP contribution in [0.1, 0.15) is 32.3 Å². The van der Waals surface area contributed by atoms with E-state index < -0.39 is 40.7 Å². The minimum atomic E-state index is -1.54. The van der Waals surface area contributed by atoms with Gasteiger partial charge in [-0.15, -0.1) is 0 Å². The molecule has 2 atom stereocenters. The number of nitrogens with one attached hydrogen (secondary N) is 2. The lowest BCUT2D eigenvalue weighted by molar-refractivity contribution is -0.142. The highest BCUT2D eigenvalue weighted by atomic mass is 19.1. The highest BCUT2D eigenvalue weighted by Crippen LogP contribution is 2.38. The number of ether oxygens (including phenoxy) is 1. The van der Waals surface area contributed by atoms with Crippen molar-refractivity contribution in [2.75, 3.05) is 26.7 Å². The van der Waals surface area contributed by atoms with Crippen molar-refractivity contribution in [2.45, 2.75) is 44.7 Å². The van der Waals surface area contributed by atoms with Crippen LogP contribution in [0.5, 0.6) is 5.75 Å². The van der Waals surface area contributed by atoms with E-state index in [4.69, 9.17) is 9.84 Å². The Morgan fingerprint density at radius 3 is 2.63 bits per heavy atom. The number of fused-ring (bicyclic) bond motifs is 1. The minimum Gasteiger partial charge on any atom is -0.492 e. The SMILES string of the molecule is CN1N=C2CCN(C(=O)[C@@H](CCOc3cncc(F)c3)NC(=O)C(C)(C)NC(=O)O)C[C@@]2(Cc2ccccc2)C1=O. The van der Waals surface area contributed by atoms with Gasteiger partial charge < -0.3 is 25.4 Å². The van der Waals surface area contributed by atoms with Crippen molar-refractivity contribution < 1.29 is 33.4 Å². The molecule has 1 aromatic heterocycles. The molecule has 13 heteroatoms. The van der Waals surface area contributed by atoms with Crippen molar-refractivity contribution in [3.63, 3.8) is 0 Å². The monoisotopic (exact) mass is 568 g/mol. The standard InChI is InChI=1S/C28H33FN6O6/c1-27(2,32-26(39)40)24(37)31-21(10-12-41-20-13-19(29)15-30-16-20)23(36)35-11-9-22-28(17-35,25(38)34(3)33-22)14-18-7-5-4-6-8-18/h4-8,13,15-16,21,32H,9-12,14,17H2,1-3H3,(H,31,37)(H,39,40)/t21-,28-/m1/s1. The van der Waals surface area contributed by atoms with Gasteiger partial charge in [0.05, 0.1) is 24.7 Å². The zero-order chi connectivity index (χ0) is 29.8. The molecule has 1 fully saturated rings. The van der Waals surface area contributed by atoms with E-state index in [0.29, 0.717) is 18.6 Å². The Morgan fingerprint density at radius 1 is 1.22 bits per heavy atom. The Labute approximate surface area is 236 Å². The molecule has 2 aliphatic heterocycles. The fraction of sp³-hybridized carbons (Fsp3) is 0.429. The number of carboxylic acid groups (broad SMARTS) is 1. The van der Waals surface area contributed by atoms with Crippen LogP contribution in [0.15, 0.2) is 53.9 Å². The zero-order valence-corrected chi connectivity index (χ0v) is 23.1. The van der Waals surface area contributed by atoms with E-state index in [9.17, 15) is 23.6 Å². The van der Waals surface area contributed by atoms with E-state index in [0.717, 1.165) is 17.8 Å². The number of benzene rings is 1. The van der Waals surface area contributed by atoms with E-state index in [1.807, 2.05) is 30.3 Å². The Hall–Kier alpha value is -4.55. The van der Waals surface area contributed by atoms with Crippen LogP contribution in [0.2, 0.25) is 0 Å². The maximum Gasteiger partial charge on any atom is 0.405 e. The van der Waals surface area contributed by atoms with Gasteiger partial charge in [-0.2, -0.15) is 5.10 Å². The van der Waals surface area contributed by atoms with Crippen LogP contribution in [0, 0.1) is 11.2 Å². The number of hydrogen-bond acceptors (Lipinski definition) is 7. The number of amides is 4. The largest absolute Gasteiger partial charge is 0.492 e. The van der Waals surface area contributed by atoms with Gasteiger partial charge in [-0.1, -0.05) is 30.3 Å². The van der Waals surface area contributed by atoms with Crippen LogP contribution in [0.25, 0.3) is 0 Å². The van der Waals surface area contributed by atoms with Gasteiger partial charge in [0.15, 0.2) is 0 Å². The lowest BCUT2D eigenvalue weighted by Gasteiger charge is -2.41. The molecule has 12 nitrogen and oxygen atoms in total. The highest BCUT2D eigenvalue weighted by molar-refractivity contribution is 6.13. The maximum atomic E-state index is 13.9. The van der Waals surface area contributed by atoms with Gasteiger partial charge in [-0.25, -0.2) is 14.2 Å². The van der Waals surface area contributed by atoms with Crippen LogP contribution in [-0.4, -0.2) is 87.9 Å². The molecule has 0 aliphatic carbocycles. The second kappa shape index (κ2) is 11.9. The molecule has 1 saturated heterocycles. The zero-order valence-electron chi connectivity index (χ0n) is 23.1. The quantitative estimate of drug-likeness (QED) is 0.395. The van der Waals surface area contributed by atoms with Crippen molar-refractivity contribution >= 4 is 29.5 Å². The number of halogens is 1. The predicted molar refractivity (Wildman–Crippen MR) is 145 cm³/mol. The molecule has 4 rings (SSSR count). The molecule has 0 unspecified atom stereocenters. The second-order valence-corrected chi connectivity index (χ2v) is 10.7. The molecule has 0 spiro atoms. The summed E-state index contributed by atoms with van der Waals surface area (Å²) in [6, 6.07) is 9.49. The number of hydrogen-bond donors (Lipinski definition) is 3. The first-order valence-electron chi connectivity index (χ1n) is 13.2. The Balaban J connectivity index is 1.56. The first-order chi connectivity index (χ1) is 19.4. The molecule has 3 heterocycles. The molecule has 0 saturated carbocycles. The molecule has 3 N–H and O–H groups in total. The number of pyridine rings is 1. The van der Waals surface area contributed by atoms with Crippen molar-refractivity contribution in [3.8, 4) is 5.75 Å². The van der Waals surface area contributed by atoms with Gasteiger partial charge in [0.1, 0.15) is 28.6 Å². The van der Waals surface area contributed by atoms with Crippen LogP contribution < -0.4 is 15.4 Å². The molecule has 2 aliphatic rings. The van der Waals surface area contributed by atoms with E-state index in [-0.39, 0.29) is 37.8 Å². The third kappa shape index (κ3) is 6.61. The molecular formula is C28H33FN6O6. The molecule has 218 valence electrons. The number of aromatic nitrogens is 1. The number of piperidine rings is 1. The van der Waals surface area contributed by atoms with Gasteiger partial charge in [0.2, 0.25) is 11.8 Å². The molecule has 2 aromatic rings. The van der Waals surface area contributed by atoms with Gasteiger partial charge in [0.25, 0.3) is 5.91 Å². The van der Waals surface area contributed by atoms with E-state index in [1.165, 1.54) is 30.0 Å². The van der Waals surface area contributed by atoms with Gasteiger partial charge in [-0.05, 0) is 25.8 Å². The summed E-state index contributed by atoms with van der Waals surface area (Å²) < 4.78 is 19.1. The van der Waals surface area contributed by atoms with E-state index >= 15 is 0 Å². The van der Waals surface area contributed by atoms with Crippen molar-refractivity contribution in [1.82, 2.24) is 25.5 Å². The highest BCUT2D eigenvalue weighted by Gasteiger charge is 2.54. The summed E-state index contributed by atoms with van der Waals surface area (Å²) in [6.07, 6.45) is 1.65. The molecule has 4 amide bonds. The average molecular weight is 569 g/mol. The molecule has 41 heavy (non-hydrogen) atoms. The average Bonchev–Trinajstić information content (AvgIpc) is 3.16. The lowest BCUT2D eigenvalue weighted by atomic mass is 9.73. The fourth-order valence-corrected chi connectivity index (χ4v) is 5.12. The van der Waals surface area contributed by atoms with Gasteiger partial charge in [-0.3, -0.25) is 19.4 Å². The van der Waals surface area contributed by atoms with Gasteiger partial charge in [0, 0.05) is 39.0 Å². The van der Waals surface area contributed by atoms with Crippen LogP contribution in [-0.2, 0) is 20.8 Å². The number of rotatable bonds is 10. The number of carbonyl (C=O) groups is 4. The maximum absolute atomic E-state index is 13.9. The first kappa shape index (κ1) is 29.4. The normalized spacial score (nSPS) is 19.2. The van der Waals surface area contributed by atoms with Crippen LogP contribution in [0.4, 0.5) is 9.18 Å². The topological polar surface area (TPSA) is 154 Å². The molecular weight excluding hydrogens is 535 g/mol.